The van der Waals surface area contributed by atoms with Crippen molar-refractivity contribution in [3.63, 3.8) is 0 Å². The first-order chi connectivity index (χ1) is 16.3. The van der Waals surface area contributed by atoms with E-state index in [1.807, 2.05) is 38.1 Å². The molecule has 1 aliphatic heterocycles. The second-order valence-corrected chi connectivity index (χ2v) is 9.91. The molecule has 1 saturated heterocycles. The fourth-order valence-corrected chi connectivity index (χ4v) is 5.33. The van der Waals surface area contributed by atoms with Gasteiger partial charge in [-0.25, -0.2) is 8.42 Å². The third-order valence-electron chi connectivity index (χ3n) is 5.71. The summed E-state index contributed by atoms with van der Waals surface area (Å²) < 4.78 is 38.3. The molecule has 4 rings (SSSR count). The molecule has 1 unspecified atom stereocenters. The maximum atomic E-state index is 13.2. The summed E-state index contributed by atoms with van der Waals surface area (Å²) in [5.74, 6) is 0.262. The van der Waals surface area contributed by atoms with Crippen molar-refractivity contribution in [2.45, 2.75) is 24.8 Å². The number of carbonyl (C=O) groups is 1. The molecule has 1 atom stereocenters. The number of nitrogens with one attached hydrogen (secondary N) is 2. The van der Waals surface area contributed by atoms with E-state index in [0.717, 1.165) is 11.3 Å². The van der Waals surface area contributed by atoms with E-state index in [2.05, 4.69) is 10.3 Å². The standard InChI is InChI=1S/C24H27N3O6S/c1-3-33-18-6-4-17(5-7-18)16(2)25-24(29)21-15-23(28)26-22-9-8-19(14-20(21)22)34(30,31)27-10-12-32-13-11-27/h4-9,14-16H,3,10-13H2,1-2H3,(H,25,29)(H,26,28). The highest BCUT2D eigenvalue weighted by atomic mass is 32.2. The molecule has 0 bridgehead atoms. The second kappa shape index (κ2) is 9.96. The van der Waals surface area contributed by atoms with Crippen LogP contribution in [0.4, 0.5) is 0 Å². The van der Waals surface area contributed by atoms with Crippen LogP contribution in [0.25, 0.3) is 10.9 Å². The molecular formula is C24H27N3O6S. The molecule has 9 nitrogen and oxygen atoms in total. The summed E-state index contributed by atoms with van der Waals surface area (Å²) in [5.41, 5.74) is 0.902. The van der Waals surface area contributed by atoms with Gasteiger partial charge in [0.2, 0.25) is 15.6 Å². The predicted octanol–water partition coefficient (Wildman–Crippen LogP) is 2.44. The summed E-state index contributed by atoms with van der Waals surface area (Å²) in [6, 6.07) is 12.6. The zero-order valence-electron chi connectivity index (χ0n) is 19.0. The molecule has 1 aromatic heterocycles. The van der Waals surface area contributed by atoms with Gasteiger partial charge in [0, 0.05) is 30.1 Å². The number of amides is 1. The van der Waals surface area contributed by atoms with Crippen LogP contribution in [-0.2, 0) is 14.8 Å². The molecule has 2 aromatic carbocycles. The minimum absolute atomic E-state index is 0.0579. The Balaban J connectivity index is 1.65. The number of pyridine rings is 1. The fraction of sp³-hybridized carbons (Fsp3) is 0.333. The Bertz CT molecular complexity index is 1350. The van der Waals surface area contributed by atoms with Crippen molar-refractivity contribution in [2.75, 3.05) is 32.9 Å². The smallest absolute Gasteiger partial charge is 0.252 e. The minimum Gasteiger partial charge on any atom is -0.494 e. The lowest BCUT2D eigenvalue weighted by molar-refractivity contribution is 0.0730. The van der Waals surface area contributed by atoms with Crippen LogP contribution in [0, 0.1) is 0 Å². The van der Waals surface area contributed by atoms with Crippen molar-refractivity contribution in [3.8, 4) is 5.75 Å². The first kappa shape index (κ1) is 23.9. The Morgan fingerprint density at radius 2 is 1.85 bits per heavy atom. The molecule has 2 N–H and O–H groups in total. The van der Waals surface area contributed by atoms with Crippen LogP contribution in [0.15, 0.2) is 58.2 Å². The lowest BCUT2D eigenvalue weighted by Crippen LogP contribution is -2.40. The van der Waals surface area contributed by atoms with E-state index in [4.69, 9.17) is 9.47 Å². The van der Waals surface area contributed by atoms with Crippen LogP contribution in [0.5, 0.6) is 5.75 Å². The number of sulfonamides is 1. The van der Waals surface area contributed by atoms with Gasteiger partial charge in [-0.3, -0.25) is 9.59 Å². The van der Waals surface area contributed by atoms with Gasteiger partial charge in [0.25, 0.3) is 5.91 Å². The largest absolute Gasteiger partial charge is 0.494 e. The van der Waals surface area contributed by atoms with E-state index in [1.54, 1.807) is 0 Å². The molecule has 1 amide bonds. The maximum Gasteiger partial charge on any atom is 0.252 e. The van der Waals surface area contributed by atoms with E-state index >= 15 is 0 Å². The number of morpholine rings is 1. The molecular weight excluding hydrogens is 458 g/mol. The van der Waals surface area contributed by atoms with Crippen LogP contribution >= 0.6 is 0 Å². The molecule has 3 aromatic rings. The number of ether oxygens (including phenoxy) is 2. The highest BCUT2D eigenvalue weighted by molar-refractivity contribution is 7.89. The molecule has 2 heterocycles. The number of carbonyl (C=O) groups excluding carboxylic acids is 1. The molecule has 180 valence electrons. The zero-order valence-corrected chi connectivity index (χ0v) is 19.9. The lowest BCUT2D eigenvalue weighted by atomic mass is 10.1. The number of aromatic nitrogens is 1. The van der Waals surface area contributed by atoms with Crippen LogP contribution in [-0.4, -0.2) is 56.5 Å². The fourth-order valence-electron chi connectivity index (χ4n) is 3.89. The van der Waals surface area contributed by atoms with Crippen molar-refractivity contribution in [1.82, 2.24) is 14.6 Å². The van der Waals surface area contributed by atoms with E-state index < -0.39 is 21.5 Å². The van der Waals surface area contributed by atoms with Crippen LogP contribution in [0.1, 0.15) is 35.8 Å². The zero-order chi connectivity index (χ0) is 24.3. The van der Waals surface area contributed by atoms with Gasteiger partial charge in [-0.15, -0.1) is 0 Å². The monoisotopic (exact) mass is 485 g/mol. The van der Waals surface area contributed by atoms with Crippen molar-refractivity contribution < 1.29 is 22.7 Å². The number of aromatic amines is 1. The van der Waals surface area contributed by atoms with E-state index in [1.165, 1.54) is 28.6 Å². The topological polar surface area (TPSA) is 118 Å². The molecule has 0 aliphatic carbocycles. The lowest BCUT2D eigenvalue weighted by Gasteiger charge is -2.26. The van der Waals surface area contributed by atoms with Crippen molar-refractivity contribution in [1.29, 1.82) is 0 Å². The average molecular weight is 486 g/mol. The molecule has 1 fully saturated rings. The van der Waals surface area contributed by atoms with Crippen LogP contribution < -0.4 is 15.6 Å². The predicted molar refractivity (Wildman–Crippen MR) is 128 cm³/mol. The van der Waals surface area contributed by atoms with Crippen LogP contribution in [0.3, 0.4) is 0 Å². The highest BCUT2D eigenvalue weighted by Crippen LogP contribution is 2.24. The molecule has 10 heteroatoms. The van der Waals surface area contributed by atoms with Gasteiger partial charge in [0.15, 0.2) is 0 Å². The third kappa shape index (κ3) is 4.98. The summed E-state index contributed by atoms with van der Waals surface area (Å²) in [4.78, 5) is 28.1. The summed E-state index contributed by atoms with van der Waals surface area (Å²) >= 11 is 0. The summed E-state index contributed by atoms with van der Waals surface area (Å²) in [6.45, 7) is 5.48. The number of benzene rings is 2. The van der Waals surface area contributed by atoms with Gasteiger partial charge in [-0.1, -0.05) is 12.1 Å². The number of H-pyrrole nitrogens is 1. The molecule has 0 spiro atoms. The van der Waals surface area contributed by atoms with Gasteiger partial charge in [-0.2, -0.15) is 4.31 Å². The van der Waals surface area contributed by atoms with Gasteiger partial charge in [0.1, 0.15) is 5.75 Å². The maximum absolute atomic E-state index is 13.2. The van der Waals surface area contributed by atoms with E-state index in [0.29, 0.717) is 30.7 Å². The van der Waals surface area contributed by atoms with E-state index in [9.17, 15) is 18.0 Å². The molecule has 34 heavy (non-hydrogen) atoms. The van der Waals surface area contributed by atoms with Crippen molar-refractivity contribution in [3.05, 3.63) is 70.0 Å². The Kier molecular flexibility index (Phi) is 7.01. The van der Waals surface area contributed by atoms with Crippen LogP contribution in [0.2, 0.25) is 0 Å². The third-order valence-corrected chi connectivity index (χ3v) is 7.60. The van der Waals surface area contributed by atoms with Gasteiger partial charge >= 0.3 is 0 Å². The Morgan fingerprint density at radius 1 is 1.15 bits per heavy atom. The number of rotatable bonds is 7. The number of fused-ring (bicyclic) bond motifs is 1. The molecule has 1 aliphatic rings. The van der Waals surface area contributed by atoms with Gasteiger partial charge in [0.05, 0.1) is 36.3 Å². The van der Waals surface area contributed by atoms with Crippen molar-refractivity contribution >= 4 is 26.8 Å². The quantitative estimate of drug-likeness (QED) is 0.531. The van der Waals surface area contributed by atoms with Gasteiger partial charge < -0.3 is 19.8 Å². The van der Waals surface area contributed by atoms with Crippen molar-refractivity contribution in [2.24, 2.45) is 0 Å². The highest BCUT2D eigenvalue weighted by Gasteiger charge is 2.27. The normalized spacial score (nSPS) is 15.7. The molecule has 0 saturated carbocycles. The summed E-state index contributed by atoms with van der Waals surface area (Å²) in [6.07, 6.45) is 0. The summed E-state index contributed by atoms with van der Waals surface area (Å²) in [5, 5.41) is 3.25. The Labute approximate surface area is 197 Å². The minimum atomic E-state index is -3.76. The summed E-state index contributed by atoms with van der Waals surface area (Å²) in [7, 11) is -3.76. The van der Waals surface area contributed by atoms with Gasteiger partial charge in [-0.05, 0) is 49.7 Å². The average Bonchev–Trinajstić information content (AvgIpc) is 2.84. The first-order valence-electron chi connectivity index (χ1n) is 11.1. The Morgan fingerprint density at radius 3 is 2.53 bits per heavy atom. The number of hydrogen-bond donors (Lipinski definition) is 2. The number of nitrogens with zero attached hydrogens (tertiary/aromatic N) is 1. The van der Waals surface area contributed by atoms with E-state index in [-0.39, 0.29) is 29.6 Å². The molecule has 0 radical (unpaired) electrons. The Hall–Kier alpha value is -3.21. The number of hydrogen-bond acceptors (Lipinski definition) is 6. The first-order valence-corrected chi connectivity index (χ1v) is 12.5. The second-order valence-electron chi connectivity index (χ2n) is 7.97. The SMILES string of the molecule is CCOc1ccc(C(C)NC(=O)c2cc(=O)[nH]c3ccc(S(=O)(=O)N4CCOCC4)cc23)cc1.